The van der Waals surface area contributed by atoms with E-state index in [0.717, 1.165) is 51.4 Å². The molecule has 0 rings (SSSR count). The first kappa shape index (κ1) is 67.3. The van der Waals surface area contributed by atoms with Gasteiger partial charge in [-0.1, -0.05) is 295 Å². The highest BCUT2D eigenvalue weighted by molar-refractivity contribution is 5.77. The van der Waals surface area contributed by atoms with E-state index >= 15 is 0 Å². The van der Waals surface area contributed by atoms with E-state index in [2.05, 4.69) is 50.4 Å². The molecule has 3 unspecified atom stereocenters. The average Bonchev–Trinajstić information content (AvgIpc) is 3.34. The fourth-order valence-electron chi connectivity index (χ4n) is 9.82. The van der Waals surface area contributed by atoms with Crippen LogP contribution in [0.1, 0.15) is 342 Å². The third-order valence-electron chi connectivity index (χ3n) is 14.5. The van der Waals surface area contributed by atoms with Crippen LogP contribution in [0.25, 0.3) is 0 Å². The highest BCUT2D eigenvalue weighted by atomic mass is 16.5. The van der Waals surface area contributed by atoms with E-state index in [0.29, 0.717) is 19.3 Å². The second kappa shape index (κ2) is 57.2. The van der Waals surface area contributed by atoms with E-state index in [1.165, 1.54) is 244 Å². The molecular weight excluding hydrogens is 851 g/mol. The van der Waals surface area contributed by atoms with E-state index in [-0.39, 0.29) is 24.9 Å². The molecule has 0 radical (unpaired) electrons. The fourth-order valence-corrected chi connectivity index (χ4v) is 9.82. The van der Waals surface area contributed by atoms with Crippen molar-refractivity contribution in [1.82, 2.24) is 5.32 Å². The third-order valence-corrected chi connectivity index (χ3v) is 14.5. The van der Waals surface area contributed by atoms with Crippen LogP contribution in [0.3, 0.4) is 0 Å². The summed E-state index contributed by atoms with van der Waals surface area (Å²) in [7, 11) is 0. The van der Waals surface area contributed by atoms with Crippen molar-refractivity contribution in [2.45, 2.75) is 360 Å². The van der Waals surface area contributed by atoms with Crippen molar-refractivity contribution in [3.63, 3.8) is 0 Å². The number of carbonyl (C=O) groups is 2. The standard InChI is InChI=1S/C63H121NO5/c1-4-7-10-13-16-19-22-25-28-30-31-33-35-38-41-44-47-50-53-56-63(68)69-59(54-51-48-45-42-39-36-34-32-29-26-23-20-17-14-11-8-5-2)57-62(67)64-60(58-65)61(66)55-52-49-46-43-40-37-27-24-21-18-15-12-9-6-3/h16,19,25,28,59-61,65-66H,4-15,17-18,20-24,26-27,29-58H2,1-3H3,(H,64,67)/b19-16-,28-25-. The number of aliphatic hydroxyl groups excluding tert-OH is 2. The van der Waals surface area contributed by atoms with Gasteiger partial charge in [0.15, 0.2) is 0 Å². The van der Waals surface area contributed by atoms with Crippen molar-refractivity contribution < 1.29 is 24.5 Å². The Kier molecular flexibility index (Phi) is 55.9. The van der Waals surface area contributed by atoms with Gasteiger partial charge in [-0.2, -0.15) is 0 Å². The second-order valence-electron chi connectivity index (χ2n) is 21.5. The molecular formula is C63H121NO5. The summed E-state index contributed by atoms with van der Waals surface area (Å²) in [6.07, 6.45) is 68.2. The molecule has 0 aliphatic rings. The molecule has 69 heavy (non-hydrogen) atoms. The Labute approximate surface area is 431 Å². The first-order chi connectivity index (χ1) is 34.0. The van der Waals surface area contributed by atoms with Gasteiger partial charge in [0, 0.05) is 6.42 Å². The molecule has 0 bridgehead atoms. The van der Waals surface area contributed by atoms with Gasteiger partial charge in [0.1, 0.15) is 6.10 Å². The van der Waals surface area contributed by atoms with Gasteiger partial charge in [0.2, 0.25) is 5.91 Å². The van der Waals surface area contributed by atoms with Gasteiger partial charge in [0.25, 0.3) is 0 Å². The first-order valence-corrected chi connectivity index (χ1v) is 31.1. The molecule has 0 heterocycles. The molecule has 0 aromatic rings. The zero-order chi connectivity index (χ0) is 50.2. The van der Waals surface area contributed by atoms with Crippen molar-refractivity contribution in [3.8, 4) is 0 Å². The number of aliphatic hydroxyl groups is 2. The topological polar surface area (TPSA) is 95.9 Å². The van der Waals surface area contributed by atoms with Gasteiger partial charge in [-0.3, -0.25) is 9.59 Å². The predicted octanol–water partition coefficient (Wildman–Crippen LogP) is 19.4. The molecule has 0 saturated heterocycles. The van der Waals surface area contributed by atoms with Crippen LogP contribution in [0.15, 0.2) is 24.3 Å². The minimum atomic E-state index is -0.785. The number of esters is 1. The highest BCUT2D eigenvalue weighted by Gasteiger charge is 2.24. The minimum absolute atomic E-state index is 0.0828. The maximum atomic E-state index is 13.3. The maximum absolute atomic E-state index is 13.3. The Morgan fingerprint density at radius 1 is 0.420 bits per heavy atom. The van der Waals surface area contributed by atoms with Crippen LogP contribution in [0.4, 0.5) is 0 Å². The molecule has 0 aromatic carbocycles. The van der Waals surface area contributed by atoms with Gasteiger partial charge < -0.3 is 20.3 Å². The van der Waals surface area contributed by atoms with Crippen LogP contribution < -0.4 is 5.32 Å². The number of carbonyl (C=O) groups excluding carboxylic acids is 2. The van der Waals surface area contributed by atoms with E-state index in [9.17, 15) is 19.8 Å². The largest absolute Gasteiger partial charge is 0.462 e. The Balaban J connectivity index is 4.51. The monoisotopic (exact) mass is 972 g/mol. The van der Waals surface area contributed by atoms with Crippen molar-refractivity contribution in [3.05, 3.63) is 24.3 Å². The number of amides is 1. The summed E-state index contributed by atoms with van der Waals surface area (Å²) in [5.41, 5.74) is 0. The lowest BCUT2D eigenvalue weighted by Crippen LogP contribution is -2.46. The van der Waals surface area contributed by atoms with Crippen molar-refractivity contribution >= 4 is 11.9 Å². The quantitative estimate of drug-likeness (QED) is 0.0321. The molecule has 0 aliphatic carbocycles. The summed E-state index contributed by atoms with van der Waals surface area (Å²) in [5, 5.41) is 23.9. The molecule has 1 amide bonds. The number of ether oxygens (including phenoxy) is 1. The SMILES string of the molecule is CCCCC/C=C\C/C=C\CCCCCCCCCCCC(=O)OC(CCCCCCCCCCCCCCCCCCC)CC(=O)NC(CO)C(O)CCCCCCCCCCCCCCCC. The zero-order valence-electron chi connectivity index (χ0n) is 46.7. The number of nitrogens with one attached hydrogen (secondary N) is 1. The smallest absolute Gasteiger partial charge is 0.306 e. The Bertz CT molecular complexity index is 1090. The number of unbranched alkanes of at least 4 members (excludes halogenated alkanes) is 41. The van der Waals surface area contributed by atoms with Crippen molar-refractivity contribution in [1.29, 1.82) is 0 Å². The van der Waals surface area contributed by atoms with Crippen LogP contribution in [-0.4, -0.2) is 46.9 Å². The van der Waals surface area contributed by atoms with E-state index in [1.54, 1.807) is 0 Å². The molecule has 6 heteroatoms. The third kappa shape index (κ3) is 52.5. The predicted molar refractivity (Wildman–Crippen MR) is 301 cm³/mol. The van der Waals surface area contributed by atoms with Crippen LogP contribution in [0, 0.1) is 0 Å². The Morgan fingerprint density at radius 3 is 1.13 bits per heavy atom. The number of hydrogen-bond donors (Lipinski definition) is 3. The van der Waals surface area contributed by atoms with Gasteiger partial charge in [-0.25, -0.2) is 0 Å². The molecule has 0 aromatic heterocycles. The molecule has 3 atom stereocenters. The number of hydrogen-bond acceptors (Lipinski definition) is 5. The Hall–Kier alpha value is -1.66. The van der Waals surface area contributed by atoms with Crippen LogP contribution in [0.5, 0.6) is 0 Å². The molecule has 3 N–H and O–H groups in total. The van der Waals surface area contributed by atoms with E-state index < -0.39 is 18.2 Å². The van der Waals surface area contributed by atoms with Gasteiger partial charge in [-0.05, 0) is 57.8 Å². The summed E-state index contributed by atoms with van der Waals surface area (Å²) in [6, 6.07) is -0.698. The fraction of sp³-hybridized carbons (Fsp3) is 0.905. The summed E-state index contributed by atoms with van der Waals surface area (Å²) in [5.74, 6) is -0.454. The molecule has 6 nitrogen and oxygen atoms in total. The molecule has 0 fully saturated rings. The lowest BCUT2D eigenvalue weighted by atomic mass is 10.0. The minimum Gasteiger partial charge on any atom is -0.462 e. The lowest BCUT2D eigenvalue weighted by Gasteiger charge is -2.24. The number of allylic oxidation sites excluding steroid dienone is 4. The highest BCUT2D eigenvalue weighted by Crippen LogP contribution is 2.19. The summed E-state index contributed by atoms with van der Waals surface area (Å²) >= 11 is 0. The molecule has 0 aliphatic heterocycles. The van der Waals surface area contributed by atoms with Crippen molar-refractivity contribution in [2.24, 2.45) is 0 Å². The Morgan fingerprint density at radius 2 is 0.739 bits per heavy atom. The van der Waals surface area contributed by atoms with Crippen LogP contribution in [-0.2, 0) is 14.3 Å². The number of rotatable bonds is 57. The van der Waals surface area contributed by atoms with Crippen LogP contribution in [0.2, 0.25) is 0 Å². The van der Waals surface area contributed by atoms with Crippen molar-refractivity contribution in [2.75, 3.05) is 6.61 Å². The zero-order valence-corrected chi connectivity index (χ0v) is 46.7. The first-order valence-electron chi connectivity index (χ1n) is 31.1. The second-order valence-corrected chi connectivity index (χ2v) is 21.5. The average molecular weight is 973 g/mol. The van der Waals surface area contributed by atoms with Crippen LogP contribution >= 0.6 is 0 Å². The lowest BCUT2D eigenvalue weighted by molar-refractivity contribution is -0.151. The van der Waals surface area contributed by atoms with Gasteiger partial charge >= 0.3 is 5.97 Å². The van der Waals surface area contributed by atoms with E-state index in [1.807, 2.05) is 0 Å². The summed E-state index contributed by atoms with van der Waals surface area (Å²) < 4.78 is 5.99. The summed E-state index contributed by atoms with van der Waals surface area (Å²) in [4.78, 5) is 26.4. The maximum Gasteiger partial charge on any atom is 0.306 e. The molecule has 0 spiro atoms. The normalized spacial score (nSPS) is 13.2. The molecule has 0 saturated carbocycles. The molecule has 408 valence electrons. The van der Waals surface area contributed by atoms with Gasteiger partial charge in [-0.15, -0.1) is 0 Å². The summed E-state index contributed by atoms with van der Waals surface area (Å²) in [6.45, 7) is 6.51. The van der Waals surface area contributed by atoms with E-state index in [4.69, 9.17) is 4.74 Å². The van der Waals surface area contributed by atoms with Gasteiger partial charge in [0.05, 0.1) is 25.2 Å².